The minimum atomic E-state index is -1.18. The van der Waals surface area contributed by atoms with Gasteiger partial charge in [-0.2, -0.15) is 0 Å². The molecule has 1 atom stereocenters. The summed E-state index contributed by atoms with van der Waals surface area (Å²) in [5.41, 5.74) is 8.14. The number of rotatable bonds is 3. The number of phenols is 1. The van der Waals surface area contributed by atoms with E-state index in [0.717, 1.165) is 11.0 Å². The van der Waals surface area contributed by atoms with E-state index in [1.165, 1.54) is 0 Å². The number of aromatic hydroxyl groups is 1. The van der Waals surface area contributed by atoms with Gasteiger partial charge in [0.1, 0.15) is 5.75 Å². The lowest BCUT2D eigenvalue weighted by Gasteiger charge is -2.18. The molecule has 1 aromatic rings. The Labute approximate surface area is 106 Å². The number of phenolic OH excluding ortho intramolecular Hbond substituents is 1. The molecule has 19 heavy (non-hydrogen) atoms. The quantitative estimate of drug-likeness (QED) is 0.518. The number of hydrogen-bond donors (Lipinski definition) is 1. The topological polar surface area (TPSA) is 89.3 Å². The highest BCUT2D eigenvalue weighted by Crippen LogP contribution is 2.34. The molecule has 0 aliphatic carbocycles. The lowest BCUT2D eigenvalue weighted by Crippen LogP contribution is -2.25. The minimum absolute atomic E-state index is 0.0765. The van der Waals surface area contributed by atoms with E-state index in [9.17, 15) is 18.7 Å². The van der Waals surface area contributed by atoms with Crippen LogP contribution in [0.15, 0.2) is 17.2 Å². The van der Waals surface area contributed by atoms with Gasteiger partial charge in [0.2, 0.25) is 5.91 Å². The first-order valence-corrected chi connectivity index (χ1v) is 5.52. The zero-order chi connectivity index (χ0) is 14.0. The molecule has 1 aliphatic heterocycles. The van der Waals surface area contributed by atoms with Crippen molar-refractivity contribution in [2.45, 2.75) is 6.42 Å². The van der Waals surface area contributed by atoms with Crippen LogP contribution in [0.5, 0.6) is 5.75 Å². The lowest BCUT2D eigenvalue weighted by molar-refractivity contribution is -0.117. The second-order valence-corrected chi connectivity index (χ2v) is 4.24. The third-order valence-corrected chi connectivity index (χ3v) is 2.92. The number of azide groups is 1. The Morgan fingerprint density at radius 3 is 2.84 bits per heavy atom. The standard InChI is InChI=1S/C11H10F2N4O2/c12-7-2-9(10(18)3-8(7)13)17-5-6(1-11(17)19)4-15-16-14/h2-3,6,18H,1,4-5H2. The first-order chi connectivity index (χ1) is 9.02. The van der Waals surface area contributed by atoms with Gasteiger partial charge >= 0.3 is 0 Å². The van der Waals surface area contributed by atoms with Gasteiger partial charge < -0.3 is 10.0 Å². The summed E-state index contributed by atoms with van der Waals surface area (Å²) in [6, 6.07) is 1.40. The molecule has 1 unspecified atom stereocenters. The van der Waals surface area contributed by atoms with E-state index < -0.39 is 17.4 Å². The number of carbonyl (C=O) groups is 1. The van der Waals surface area contributed by atoms with Gasteiger partial charge in [0.25, 0.3) is 0 Å². The second-order valence-electron chi connectivity index (χ2n) is 4.24. The molecule has 0 radical (unpaired) electrons. The molecular weight excluding hydrogens is 258 g/mol. The normalized spacial score (nSPS) is 18.5. The number of amides is 1. The number of halogens is 2. The number of hydrogen-bond acceptors (Lipinski definition) is 3. The van der Waals surface area contributed by atoms with Crippen LogP contribution in [0.4, 0.5) is 14.5 Å². The summed E-state index contributed by atoms with van der Waals surface area (Å²) >= 11 is 0. The average Bonchev–Trinajstić information content (AvgIpc) is 2.72. The molecule has 1 fully saturated rings. The SMILES string of the molecule is [N-]=[N+]=NCC1CC(=O)N(c2cc(F)c(F)cc2O)C1. The third-order valence-electron chi connectivity index (χ3n) is 2.92. The largest absolute Gasteiger partial charge is 0.506 e. The van der Waals surface area contributed by atoms with Gasteiger partial charge in [-0.05, 0) is 11.4 Å². The van der Waals surface area contributed by atoms with Crippen LogP contribution < -0.4 is 4.90 Å². The van der Waals surface area contributed by atoms with Crippen molar-refractivity contribution in [3.63, 3.8) is 0 Å². The van der Waals surface area contributed by atoms with E-state index in [-0.39, 0.29) is 37.0 Å². The summed E-state index contributed by atoms with van der Waals surface area (Å²) < 4.78 is 26.0. The predicted molar refractivity (Wildman–Crippen MR) is 62.5 cm³/mol. The number of anilines is 1. The predicted octanol–water partition coefficient (Wildman–Crippen LogP) is 2.33. The molecule has 2 rings (SSSR count). The molecular formula is C11H10F2N4O2. The fraction of sp³-hybridized carbons (Fsp3) is 0.364. The summed E-state index contributed by atoms with van der Waals surface area (Å²) in [5, 5.41) is 12.9. The number of nitrogens with zero attached hydrogens (tertiary/aromatic N) is 4. The maximum absolute atomic E-state index is 13.1. The molecule has 1 heterocycles. The molecule has 0 bridgehead atoms. The highest BCUT2D eigenvalue weighted by molar-refractivity contribution is 5.97. The van der Waals surface area contributed by atoms with E-state index in [2.05, 4.69) is 10.0 Å². The molecule has 1 aromatic carbocycles. The van der Waals surface area contributed by atoms with Crippen molar-refractivity contribution in [1.82, 2.24) is 0 Å². The Hall–Kier alpha value is -2.34. The van der Waals surface area contributed by atoms with Crippen LogP contribution in [-0.2, 0) is 4.79 Å². The van der Waals surface area contributed by atoms with E-state index in [1.807, 2.05) is 0 Å². The molecule has 8 heteroatoms. The molecule has 1 aliphatic rings. The highest BCUT2D eigenvalue weighted by Gasteiger charge is 2.32. The highest BCUT2D eigenvalue weighted by atomic mass is 19.2. The Bertz CT molecular complexity index is 572. The van der Waals surface area contributed by atoms with Crippen LogP contribution >= 0.6 is 0 Å². The fourth-order valence-corrected chi connectivity index (χ4v) is 2.03. The Kier molecular flexibility index (Phi) is 3.52. The van der Waals surface area contributed by atoms with Crippen LogP contribution in [0, 0.1) is 17.6 Å². The van der Waals surface area contributed by atoms with Crippen molar-refractivity contribution >= 4 is 11.6 Å². The molecule has 100 valence electrons. The van der Waals surface area contributed by atoms with Gasteiger partial charge in [-0.25, -0.2) is 8.78 Å². The van der Waals surface area contributed by atoms with E-state index in [4.69, 9.17) is 5.53 Å². The third kappa shape index (κ3) is 2.58. The van der Waals surface area contributed by atoms with Crippen molar-refractivity contribution in [2.24, 2.45) is 11.0 Å². The van der Waals surface area contributed by atoms with Gasteiger partial charge in [0, 0.05) is 36.6 Å². The molecule has 6 nitrogen and oxygen atoms in total. The van der Waals surface area contributed by atoms with E-state index in [0.29, 0.717) is 6.07 Å². The number of benzene rings is 1. The zero-order valence-electron chi connectivity index (χ0n) is 9.75. The van der Waals surface area contributed by atoms with Gasteiger partial charge in [-0.3, -0.25) is 4.79 Å². The van der Waals surface area contributed by atoms with Gasteiger partial charge in [0.05, 0.1) is 5.69 Å². The minimum Gasteiger partial charge on any atom is -0.506 e. The Morgan fingerprint density at radius 2 is 2.16 bits per heavy atom. The maximum Gasteiger partial charge on any atom is 0.227 e. The monoisotopic (exact) mass is 268 g/mol. The second kappa shape index (κ2) is 5.11. The van der Waals surface area contributed by atoms with Crippen molar-refractivity contribution in [3.8, 4) is 5.75 Å². The summed E-state index contributed by atoms with van der Waals surface area (Å²) in [5.74, 6) is -3.36. The fourth-order valence-electron chi connectivity index (χ4n) is 2.03. The molecule has 1 amide bonds. The van der Waals surface area contributed by atoms with Crippen LogP contribution in [0.3, 0.4) is 0 Å². The molecule has 0 spiro atoms. The molecule has 0 aromatic heterocycles. The van der Waals surface area contributed by atoms with Gasteiger partial charge in [0.15, 0.2) is 11.6 Å². The van der Waals surface area contributed by atoms with Crippen LogP contribution in [0.2, 0.25) is 0 Å². The summed E-state index contributed by atoms with van der Waals surface area (Å²) in [6.45, 7) is 0.333. The average molecular weight is 268 g/mol. The zero-order valence-corrected chi connectivity index (χ0v) is 9.75. The Balaban J connectivity index is 2.25. The maximum atomic E-state index is 13.1. The van der Waals surface area contributed by atoms with Crippen molar-refractivity contribution in [3.05, 3.63) is 34.2 Å². The lowest BCUT2D eigenvalue weighted by atomic mass is 10.1. The van der Waals surface area contributed by atoms with Crippen LogP contribution in [-0.4, -0.2) is 24.1 Å². The summed E-state index contributed by atoms with van der Waals surface area (Å²) in [6.07, 6.45) is 0.136. The first kappa shape index (κ1) is 13.1. The summed E-state index contributed by atoms with van der Waals surface area (Å²) in [7, 11) is 0. The van der Waals surface area contributed by atoms with Crippen molar-refractivity contribution in [2.75, 3.05) is 18.0 Å². The van der Waals surface area contributed by atoms with Gasteiger partial charge in [-0.15, -0.1) is 0 Å². The Morgan fingerprint density at radius 1 is 1.47 bits per heavy atom. The molecule has 1 N–H and O–H groups in total. The molecule has 0 saturated carbocycles. The van der Waals surface area contributed by atoms with Crippen molar-refractivity contribution in [1.29, 1.82) is 0 Å². The van der Waals surface area contributed by atoms with Crippen LogP contribution in [0.1, 0.15) is 6.42 Å². The summed E-state index contributed by atoms with van der Waals surface area (Å²) in [4.78, 5) is 15.5. The van der Waals surface area contributed by atoms with Gasteiger partial charge in [-0.1, -0.05) is 5.11 Å². The number of carbonyl (C=O) groups excluding carboxylic acids is 1. The molecule has 1 saturated heterocycles. The van der Waals surface area contributed by atoms with Crippen molar-refractivity contribution < 1.29 is 18.7 Å². The van der Waals surface area contributed by atoms with Crippen LogP contribution in [0.25, 0.3) is 10.4 Å². The van der Waals surface area contributed by atoms with E-state index in [1.54, 1.807) is 0 Å². The van der Waals surface area contributed by atoms with E-state index >= 15 is 0 Å². The first-order valence-electron chi connectivity index (χ1n) is 5.52. The smallest absolute Gasteiger partial charge is 0.227 e.